The molecule has 0 fully saturated rings. The summed E-state index contributed by atoms with van der Waals surface area (Å²) >= 11 is 1.25. The van der Waals surface area contributed by atoms with E-state index in [4.69, 9.17) is 4.74 Å². The molecule has 0 aliphatic heterocycles. The fourth-order valence-electron chi connectivity index (χ4n) is 2.87. The van der Waals surface area contributed by atoms with E-state index in [1.807, 2.05) is 35.8 Å². The Morgan fingerprint density at radius 1 is 1.27 bits per heavy atom. The summed E-state index contributed by atoms with van der Waals surface area (Å²) in [6.45, 7) is 6.85. The summed E-state index contributed by atoms with van der Waals surface area (Å²) in [5.74, 6) is 0.810. The first kappa shape index (κ1) is 23.9. The molecule has 9 nitrogen and oxygen atoms in total. The summed E-state index contributed by atoms with van der Waals surface area (Å²) in [5, 5.41) is 26.4. The summed E-state index contributed by atoms with van der Waals surface area (Å²) in [6, 6.07) is 13.1. The Kier molecular flexibility index (Phi) is 8.48. The summed E-state index contributed by atoms with van der Waals surface area (Å²) in [5.41, 5.74) is 5.05. The van der Waals surface area contributed by atoms with Gasteiger partial charge in [-0.05, 0) is 31.2 Å². The molecule has 1 aromatic heterocycles. The predicted octanol–water partition coefficient (Wildman–Crippen LogP) is 3.34. The van der Waals surface area contributed by atoms with Crippen LogP contribution in [-0.4, -0.2) is 44.9 Å². The highest BCUT2D eigenvalue weighted by Crippen LogP contribution is 2.28. The summed E-state index contributed by atoms with van der Waals surface area (Å²) < 4.78 is 6.96. The highest BCUT2D eigenvalue weighted by atomic mass is 32.2. The van der Waals surface area contributed by atoms with Crippen molar-refractivity contribution in [3.05, 3.63) is 72.1 Å². The van der Waals surface area contributed by atoms with E-state index in [-0.39, 0.29) is 17.4 Å². The first-order valence-electron chi connectivity index (χ1n) is 10.2. The zero-order chi connectivity index (χ0) is 23.6. The minimum absolute atomic E-state index is 0.0447. The maximum absolute atomic E-state index is 12.2. The number of carbonyl (C=O) groups is 1. The number of hydrogen-bond acceptors (Lipinski definition) is 8. The normalized spacial score (nSPS) is 10.8. The van der Waals surface area contributed by atoms with E-state index in [2.05, 4.69) is 32.6 Å². The molecule has 1 heterocycles. The molecule has 0 saturated carbocycles. The number of phenolic OH excluding ortho intramolecular Hbond substituents is 1. The third kappa shape index (κ3) is 6.59. The Morgan fingerprint density at radius 2 is 2.06 bits per heavy atom. The SMILES string of the molecule is C=CCn1c(CNc2ccc(C)cc2)nnc1SCC(=O)N/N=C\c1cccc(OC)c1O. The smallest absolute Gasteiger partial charge is 0.250 e. The van der Waals surface area contributed by atoms with Crippen molar-refractivity contribution < 1.29 is 14.6 Å². The van der Waals surface area contributed by atoms with Crippen molar-refractivity contribution in [2.24, 2.45) is 5.10 Å². The minimum atomic E-state index is -0.314. The van der Waals surface area contributed by atoms with E-state index in [0.29, 0.717) is 29.6 Å². The molecule has 33 heavy (non-hydrogen) atoms. The molecule has 10 heteroatoms. The molecular weight excluding hydrogens is 440 g/mol. The molecule has 3 rings (SSSR count). The second-order valence-corrected chi connectivity index (χ2v) is 7.94. The van der Waals surface area contributed by atoms with Crippen LogP contribution in [0.5, 0.6) is 11.5 Å². The number of allylic oxidation sites excluding steroid dienone is 1. The summed E-state index contributed by atoms with van der Waals surface area (Å²) in [7, 11) is 1.46. The number of benzene rings is 2. The maximum atomic E-state index is 12.2. The van der Waals surface area contributed by atoms with Gasteiger partial charge in [-0.3, -0.25) is 4.79 Å². The standard InChI is InChI=1S/C23H26N6O3S/c1-4-12-29-20(14-24-18-10-8-16(2)9-11-18)26-28-23(29)33-15-21(30)27-25-13-17-6-5-7-19(32-3)22(17)31/h4-11,13,24,31H,1,12,14-15H2,2-3H3,(H,27,30)/b25-13-. The zero-order valence-electron chi connectivity index (χ0n) is 18.5. The van der Waals surface area contributed by atoms with Gasteiger partial charge in [-0.1, -0.05) is 41.6 Å². The van der Waals surface area contributed by atoms with Crippen molar-refractivity contribution in [1.29, 1.82) is 0 Å². The number of aryl methyl sites for hydroxylation is 1. The first-order valence-corrected chi connectivity index (χ1v) is 11.1. The van der Waals surface area contributed by atoms with Crippen LogP contribution in [0.25, 0.3) is 0 Å². The van der Waals surface area contributed by atoms with Gasteiger partial charge in [0, 0.05) is 17.8 Å². The molecule has 1 amide bonds. The number of carbonyl (C=O) groups excluding carboxylic acids is 1. The number of aromatic hydroxyl groups is 1. The van der Waals surface area contributed by atoms with Gasteiger partial charge in [0.25, 0.3) is 5.91 Å². The number of amides is 1. The Bertz CT molecular complexity index is 1130. The molecule has 172 valence electrons. The van der Waals surface area contributed by atoms with Crippen LogP contribution in [0.1, 0.15) is 17.0 Å². The van der Waals surface area contributed by atoms with Gasteiger partial charge in [0.2, 0.25) is 0 Å². The van der Waals surface area contributed by atoms with Gasteiger partial charge in [0.1, 0.15) is 0 Å². The molecule has 3 N–H and O–H groups in total. The lowest BCUT2D eigenvalue weighted by atomic mass is 10.2. The molecule has 0 unspecified atom stereocenters. The third-order valence-electron chi connectivity index (χ3n) is 4.58. The van der Waals surface area contributed by atoms with E-state index in [1.165, 1.54) is 30.6 Å². The second kappa shape index (κ2) is 11.7. The lowest BCUT2D eigenvalue weighted by Crippen LogP contribution is -2.20. The second-order valence-electron chi connectivity index (χ2n) is 7.00. The number of methoxy groups -OCH3 is 1. The number of hydrazone groups is 1. The number of para-hydroxylation sites is 1. The van der Waals surface area contributed by atoms with E-state index >= 15 is 0 Å². The Balaban J connectivity index is 1.56. The fourth-order valence-corrected chi connectivity index (χ4v) is 3.62. The molecule has 0 saturated heterocycles. The number of anilines is 1. The van der Waals surface area contributed by atoms with Crippen LogP contribution in [-0.2, 0) is 17.9 Å². The molecule has 3 aromatic rings. The molecular formula is C23H26N6O3S. The summed E-state index contributed by atoms with van der Waals surface area (Å²) in [6.07, 6.45) is 3.11. The van der Waals surface area contributed by atoms with Gasteiger partial charge in [0.05, 0.1) is 25.6 Å². The number of hydrogen-bond donors (Lipinski definition) is 3. The van der Waals surface area contributed by atoms with Gasteiger partial charge < -0.3 is 19.7 Å². The van der Waals surface area contributed by atoms with Crippen LogP contribution in [0, 0.1) is 6.92 Å². The number of thioether (sulfide) groups is 1. The minimum Gasteiger partial charge on any atom is -0.504 e. The quantitative estimate of drug-likeness (QED) is 0.172. The number of rotatable bonds is 11. The number of ether oxygens (including phenoxy) is 1. The van der Waals surface area contributed by atoms with Crippen molar-refractivity contribution in [1.82, 2.24) is 20.2 Å². The zero-order valence-corrected chi connectivity index (χ0v) is 19.3. The first-order chi connectivity index (χ1) is 16.0. The summed E-state index contributed by atoms with van der Waals surface area (Å²) in [4.78, 5) is 12.2. The molecule has 0 radical (unpaired) electrons. The van der Waals surface area contributed by atoms with Gasteiger partial charge in [-0.25, -0.2) is 5.43 Å². The predicted molar refractivity (Wildman–Crippen MR) is 130 cm³/mol. The van der Waals surface area contributed by atoms with Crippen molar-refractivity contribution in [3.63, 3.8) is 0 Å². The van der Waals surface area contributed by atoms with Gasteiger partial charge in [0.15, 0.2) is 22.5 Å². The van der Waals surface area contributed by atoms with E-state index < -0.39 is 0 Å². The van der Waals surface area contributed by atoms with Crippen LogP contribution >= 0.6 is 11.8 Å². The molecule has 0 bridgehead atoms. The van der Waals surface area contributed by atoms with Gasteiger partial charge >= 0.3 is 0 Å². The molecule has 0 aliphatic carbocycles. The molecule has 0 spiro atoms. The van der Waals surface area contributed by atoms with Crippen LogP contribution in [0.3, 0.4) is 0 Å². The topological polar surface area (TPSA) is 114 Å². The lowest BCUT2D eigenvalue weighted by Gasteiger charge is -2.09. The number of phenols is 1. The van der Waals surface area contributed by atoms with E-state index in [9.17, 15) is 9.90 Å². The molecule has 0 atom stereocenters. The number of nitrogens with one attached hydrogen (secondary N) is 2. The van der Waals surface area contributed by atoms with E-state index in [1.54, 1.807) is 24.3 Å². The van der Waals surface area contributed by atoms with Crippen LogP contribution in [0.15, 0.2) is 65.4 Å². The van der Waals surface area contributed by atoms with Crippen LogP contribution in [0.2, 0.25) is 0 Å². The highest BCUT2D eigenvalue weighted by molar-refractivity contribution is 7.99. The Labute approximate surface area is 196 Å². The average molecular weight is 467 g/mol. The number of nitrogens with zero attached hydrogens (tertiary/aromatic N) is 4. The maximum Gasteiger partial charge on any atom is 0.250 e. The Hall–Kier alpha value is -3.79. The molecule has 2 aromatic carbocycles. The third-order valence-corrected chi connectivity index (χ3v) is 5.55. The highest BCUT2D eigenvalue weighted by Gasteiger charge is 2.13. The van der Waals surface area contributed by atoms with Crippen molar-refractivity contribution in [2.45, 2.75) is 25.2 Å². The largest absolute Gasteiger partial charge is 0.504 e. The van der Waals surface area contributed by atoms with Crippen molar-refractivity contribution in [2.75, 3.05) is 18.2 Å². The van der Waals surface area contributed by atoms with Gasteiger partial charge in [-0.15, -0.1) is 16.8 Å². The number of aromatic nitrogens is 3. The van der Waals surface area contributed by atoms with Crippen LogP contribution in [0.4, 0.5) is 5.69 Å². The van der Waals surface area contributed by atoms with Crippen molar-refractivity contribution >= 4 is 29.6 Å². The van der Waals surface area contributed by atoms with Crippen LogP contribution < -0.4 is 15.5 Å². The molecule has 0 aliphatic rings. The van der Waals surface area contributed by atoms with Crippen molar-refractivity contribution in [3.8, 4) is 11.5 Å². The Morgan fingerprint density at radius 3 is 2.79 bits per heavy atom. The fraction of sp³-hybridized carbons (Fsp3) is 0.217. The van der Waals surface area contributed by atoms with Gasteiger partial charge in [-0.2, -0.15) is 5.10 Å². The lowest BCUT2D eigenvalue weighted by molar-refractivity contribution is -0.118. The van der Waals surface area contributed by atoms with E-state index in [0.717, 1.165) is 11.5 Å². The average Bonchev–Trinajstić information content (AvgIpc) is 3.20. The monoisotopic (exact) mass is 466 g/mol.